The molecule has 0 saturated carbocycles. The molecule has 0 fully saturated rings. The van der Waals surface area contributed by atoms with E-state index in [2.05, 4.69) is 26.4 Å². The van der Waals surface area contributed by atoms with E-state index < -0.39 is 0 Å². The summed E-state index contributed by atoms with van der Waals surface area (Å²) in [6.45, 7) is 2.95. The Bertz CT molecular complexity index is 1350. The lowest BCUT2D eigenvalue weighted by atomic mass is 9.87. The van der Waals surface area contributed by atoms with Crippen LogP contribution in [0.2, 0.25) is 0 Å². The first-order valence-corrected chi connectivity index (χ1v) is 12.4. The van der Waals surface area contributed by atoms with Crippen LogP contribution in [0.3, 0.4) is 0 Å². The Hall–Kier alpha value is -3.24. The quantitative estimate of drug-likeness (QED) is 0.420. The molecule has 178 valence electrons. The van der Waals surface area contributed by atoms with Crippen molar-refractivity contribution in [1.29, 1.82) is 0 Å². The van der Waals surface area contributed by atoms with Crippen molar-refractivity contribution in [3.63, 3.8) is 0 Å². The Kier molecular flexibility index (Phi) is 6.09. The lowest BCUT2D eigenvalue weighted by molar-refractivity contribution is -0.136. The van der Waals surface area contributed by atoms with Gasteiger partial charge in [0.1, 0.15) is 17.0 Å². The molecule has 10 heteroatoms. The molecule has 1 atom stereocenters. The molecule has 0 aliphatic heterocycles. The predicted octanol–water partition coefficient (Wildman–Crippen LogP) is 3.09. The standard InChI is InChI=1S/C24H29N7O2S/c1-4-30(9-10-32)24(33)15-5-6-17-20(11-15)34-23-21(17)22(25-14-26-23)28-18-12-16-7-8-27-31(16)13-19(18)29(2)3/h7-8,12-15,32H,4-6,9-11H2,1-3H3,(H,25,26,28)/t15-/m0/s1. The van der Waals surface area contributed by atoms with E-state index in [0.717, 1.165) is 45.8 Å². The fraction of sp³-hybridized carbons (Fsp3) is 0.417. The molecule has 1 amide bonds. The van der Waals surface area contributed by atoms with Gasteiger partial charge in [0.05, 0.1) is 35.1 Å². The van der Waals surface area contributed by atoms with Gasteiger partial charge >= 0.3 is 0 Å². The SMILES string of the molecule is CCN(CCO)C(=O)[C@H]1CCc2c(sc3ncnc(Nc4cc5ccnn5cc4N(C)C)c23)C1. The highest BCUT2D eigenvalue weighted by Gasteiger charge is 2.31. The summed E-state index contributed by atoms with van der Waals surface area (Å²) < 4.78 is 1.86. The van der Waals surface area contributed by atoms with Gasteiger partial charge in [-0.15, -0.1) is 11.3 Å². The number of nitrogens with zero attached hydrogens (tertiary/aromatic N) is 6. The molecule has 0 spiro atoms. The van der Waals surface area contributed by atoms with Gasteiger partial charge in [-0.1, -0.05) is 0 Å². The van der Waals surface area contributed by atoms with E-state index in [1.165, 1.54) is 10.4 Å². The molecule has 2 N–H and O–H groups in total. The van der Waals surface area contributed by atoms with Crippen LogP contribution in [-0.2, 0) is 17.6 Å². The van der Waals surface area contributed by atoms with E-state index in [1.54, 1.807) is 28.8 Å². The molecular formula is C24H29N7O2S. The van der Waals surface area contributed by atoms with Crippen molar-refractivity contribution in [3.05, 3.63) is 41.3 Å². The van der Waals surface area contributed by atoms with Crippen LogP contribution in [0.15, 0.2) is 30.9 Å². The summed E-state index contributed by atoms with van der Waals surface area (Å²) in [6.07, 6.45) is 7.70. The lowest BCUT2D eigenvalue weighted by Gasteiger charge is -2.28. The average Bonchev–Trinajstić information content (AvgIpc) is 3.45. The van der Waals surface area contributed by atoms with Crippen LogP contribution in [-0.4, -0.2) is 69.3 Å². The van der Waals surface area contributed by atoms with Gasteiger partial charge in [0, 0.05) is 44.2 Å². The van der Waals surface area contributed by atoms with Gasteiger partial charge in [0.15, 0.2) is 0 Å². The molecule has 4 aromatic heterocycles. The number of fused-ring (bicyclic) bond motifs is 4. The number of aliphatic hydroxyl groups excluding tert-OH is 1. The minimum Gasteiger partial charge on any atom is -0.395 e. The molecule has 0 radical (unpaired) electrons. The summed E-state index contributed by atoms with van der Waals surface area (Å²) in [5.74, 6) is 0.865. The summed E-state index contributed by atoms with van der Waals surface area (Å²) in [5, 5.41) is 18.3. The highest BCUT2D eigenvalue weighted by molar-refractivity contribution is 7.19. The maximum Gasteiger partial charge on any atom is 0.226 e. The molecule has 0 aromatic carbocycles. The van der Waals surface area contributed by atoms with E-state index in [0.29, 0.717) is 19.5 Å². The number of aliphatic hydroxyl groups is 1. The number of thiophene rings is 1. The number of anilines is 3. The predicted molar refractivity (Wildman–Crippen MR) is 135 cm³/mol. The fourth-order valence-electron chi connectivity index (χ4n) is 4.76. The van der Waals surface area contributed by atoms with Gasteiger partial charge in [0.25, 0.3) is 0 Å². The summed E-state index contributed by atoms with van der Waals surface area (Å²) >= 11 is 1.66. The van der Waals surface area contributed by atoms with Crippen LogP contribution in [0.4, 0.5) is 17.2 Å². The molecular weight excluding hydrogens is 450 g/mol. The normalized spacial score (nSPS) is 15.5. The number of hydrogen-bond acceptors (Lipinski definition) is 8. The van der Waals surface area contributed by atoms with E-state index in [-0.39, 0.29) is 18.4 Å². The van der Waals surface area contributed by atoms with Gasteiger partial charge in [0.2, 0.25) is 5.91 Å². The second-order valence-corrected chi connectivity index (χ2v) is 9.86. The van der Waals surface area contributed by atoms with Crippen molar-refractivity contribution in [2.45, 2.75) is 26.2 Å². The number of hydrogen-bond donors (Lipinski definition) is 2. The van der Waals surface area contributed by atoms with Crippen molar-refractivity contribution in [2.75, 3.05) is 44.0 Å². The highest BCUT2D eigenvalue weighted by Crippen LogP contribution is 2.41. The van der Waals surface area contributed by atoms with Gasteiger partial charge < -0.3 is 20.2 Å². The third-order valence-electron chi connectivity index (χ3n) is 6.51. The van der Waals surface area contributed by atoms with Crippen LogP contribution in [0.5, 0.6) is 0 Å². The first kappa shape index (κ1) is 22.5. The van der Waals surface area contributed by atoms with Crippen LogP contribution < -0.4 is 10.2 Å². The third kappa shape index (κ3) is 3.97. The minimum absolute atomic E-state index is 0.00885. The average molecular weight is 480 g/mol. The number of pyridine rings is 1. The van der Waals surface area contributed by atoms with Crippen molar-refractivity contribution in [3.8, 4) is 0 Å². The third-order valence-corrected chi connectivity index (χ3v) is 7.67. The van der Waals surface area contributed by atoms with E-state index in [1.807, 2.05) is 42.7 Å². The molecule has 9 nitrogen and oxygen atoms in total. The molecule has 5 rings (SSSR count). The Morgan fingerprint density at radius 1 is 1.35 bits per heavy atom. The van der Waals surface area contributed by atoms with Crippen LogP contribution in [0.25, 0.3) is 15.7 Å². The van der Waals surface area contributed by atoms with Gasteiger partial charge in [-0.25, -0.2) is 14.5 Å². The smallest absolute Gasteiger partial charge is 0.226 e. The number of aryl methyl sites for hydroxylation is 1. The molecule has 0 saturated heterocycles. The second-order valence-electron chi connectivity index (χ2n) is 8.78. The number of rotatable bonds is 7. The molecule has 0 unspecified atom stereocenters. The Balaban J connectivity index is 1.49. The Morgan fingerprint density at radius 2 is 2.21 bits per heavy atom. The van der Waals surface area contributed by atoms with Crippen LogP contribution in [0, 0.1) is 5.92 Å². The topological polar surface area (TPSA) is 98.9 Å². The number of aromatic nitrogens is 4. The Labute approximate surface area is 202 Å². The molecule has 1 aliphatic rings. The number of carbonyl (C=O) groups excluding carboxylic acids is 1. The molecule has 34 heavy (non-hydrogen) atoms. The van der Waals surface area contributed by atoms with E-state index >= 15 is 0 Å². The first-order chi connectivity index (χ1) is 16.5. The minimum atomic E-state index is -0.0546. The van der Waals surface area contributed by atoms with Crippen molar-refractivity contribution in [1.82, 2.24) is 24.5 Å². The van der Waals surface area contributed by atoms with E-state index in [4.69, 9.17) is 0 Å². The Morgan fingerprint density at radius 3 is 2.97 bits per heavy atom. The van der Waals surface area contributed by atoms with Crippen molar-refractivity contribution >= 4 is 50.2 Å². The zero-order valence-electron chi connectivity index (χ0n) is 19.7. The summed E-state index contributed by atoms with van der Waals surface area (Å²) in [4.78, 5) is 28.1. The van der Waals surface area contributed by atoms with Crippen LogP contribution in [0.1, 0.15) is 23.8 Å². The molecule has 4 aromatic rings. The largest absolute Gasteiger partial charge is 0.395 e. The van der Waals surface area contributed by atoms with E-state index in [9.17, 15) is 9.90 Å². The summed E-state index contributed by atoms with van der Waals surface area (Å²) in [5.41, 5.74) is 4.19. The fourth-order valence-corrected chi connectivity index (χ4v) is 6.02. The number of carbonyl (C=O) groups is 1. The first-order valence-electron chi connectivity index (χ1n) is 11.6. The van der Waals surface area contributed by atoms with Crippen LogP contribution >= 0.6 is 11.3 Å². The van der Waals surface area contributed by atoms with Crippen molar-refractivity contribution in [2.24, 2.45) is 5.92 Å². The molecule has 4 heterocycles. The van der Waals surface area contributed by atoms with Gasteiger partial charge in [-0.2, -0.15) is 5.10 Å². The number of nitrogens with one attached hydrogen (secondary N) is 1. The van der Waals surface area contributed by atoms with Gasteiger partial charge in [-0.05, 0) is 43.9 Å². The maximum atomic E-state index is 13.0. The maximum absolute atomic E-state index is 13.0. The monoisotopic (exact) mass is 479 g/mol. The molecule has 0 bridgehead atoms. The lowest BCUT2D eigenvalue weighted by Crippen LogP contribution is -2.39. The summed E-state index contributed by atoms with van der Waals surface area (Å²) in [7, 11) is 4.01. The zero-order valence-corrected chi connectivity index (χ0v) is 20.5. The number of likely N-dealkylation sites (N-methyl/N-ethyl adjacent to an activating group) is 1. The van der Waals surface area contributed by atoms with Crippen molar-refractivity contribution < 1.29 is 9.90 Å². The number of amides is 1. The highest BCUT2D eigenvalue weighted by atomic mass is 32.1. The second kappa shape index (κ2) is 9.19. The zero-order chi connectivity index (χ0) is 23.8. The summed E-state index contributed by atoms with van der Waals surface area (Å²) in [6, 6.07) is 4.05. The molecule has 1 aliphatic carbocycles. The van der Waals surface area contributed by atoms with Gasteiger partial charge in [-0.3, -0.25) is 4.79 Å².